The summed E-state index contributed by atoms with van der Waals surface area (Å²) in [6, 6.07) is 14.0. The van der Waals surface area contributed by atoms with Crippen molar-refractivity contribution in [2.45, 2.75) is 25.3 Å². The quantitative estimate of drug-likeness (QED) is 0.593. The number of methoxy groups -OCH3 is 1. The first-order valence-corrected chi connectivity index (χ1v) is 9.76. The third-order valence-corrected chi connectivity index (χ3v) is 5.12. The van der Waals surface area contributed by atoms with Crippen molar-refractivity contribution in [3.05, 3.63) is 54.1 Å². The van der Waals surface area contributed by atoms with Gasteiger partial charge in [0, 0.05) is 23.4 Å². The van der Waals surface area contributed by atoms with Crippen LogP contribution in [0.5, 0.6) is 11.5 Å². The van der Waals surface area contributed by atoms with Crippen molar-refractivity contribution in [2.75, 3.05) is 25.6 Å². The maximum absolute atomic E-state index is 12.4. The fourth-order valence-electron chi connectivity index (χ4n) is 3.51. The Hall–Kier alpha value is -2.77. The molecule has 0 aromatic heterocycles. The summed E-state index contributed by atoms with van der Waals surface area (Å²) in [6.45, 7) is 0.457. The number of halogens is 1. The van der Waals surface area contributed by atoms with E-state index in [0.29, 0.717) is 35.2 Å². The van der Waals surface area contributed by atoms with Crippen LogP contribution in [0, 0.1) is 5.92 Å². The predicted octanol–water partition coefficient (Wildman–Crippen LogP) is 2.99. The van der Waals surface area contributed by atoms with E-state index in [4.69, 9.17) is 15.2 Å². The number of anilines is 1. The normalized spacial score (nSPS) is 17.5. The lowest BCUT2D eigenvalue weighted by Gasteiger charge is -2.19. The lowest BCUT2D eigenvalue weighted by Crippen LogP contribution is -2.39. The Morgan fingerprint density at radius 3 is 2.57 bits per heavy atom. The summed E-state index contributed by atoms with van der Waals surface area (Å²) >= 11 is 0. The van der Waals surface area contributed by atoms with Crippen LogP contribution in [-0.4, -0.2) is 38.1 Å². The van der Waals surface area contributed by atoms with Crippen LogP contribution in [-0.2, 0) is 4.79 Å². The first-order chi connectivity index (χ1) is 14.1. The summed E-state index contributed by atoms with van der Waals surface area (Å²) in [4.78, 5) is 24.5. The second-order valence-corrected chi connectivity index (χ2v) is 7.10. The number of carbonyl (C=O) groups is 2. The minimum atomic E-state index is -0.283. The summed E-state index contributed by atoms with van der Waals surface area (Å²) in [5, 5.41) is 5.82. The molecule has 3 rings (SSSR count). The highest BCUT2D eigenvalue weighted by Gasteiger charge is 2.27. The zero-order valence-electron chi connectivity index (χ0n) is 16.9. The minimum absolute atomic E-state index is 0. The van der Waals surface area contributed by atoms with E-state index in [0.717, 1.165) is 19.3 Å². The predicted molar refractivity (Wildman–Crippen MR) is 118 cm³/mol. The number of nitrogens with one attached hydrogen (secondary N) is 2. The molecule has 162 valence electrons. The van der Waals surface area contributed by atoms with E-state index < -0.39 is 0 Å². The number of benzene rings is 2. The van der Waals surface area contributed by atoms with E-state index in [-0.39, 0.29) is 36.9 Å². The van der Waals surface area contributed by atoms with E-state index in [1.807, 2.05) is 0 Å². The molecule has 0 bridgehead atoms. The van der Waals surface area contributed by atoms with Crippen LogP contribution in [0.3, 0.4) is 0 Å². The average molecular weight is 434 g/mol. The van der Waals surface area contributed by atoms with Gasteiger partial charge in [0.25, 0.3) is 11.8 Å². The molecule has 2 aromatic rings. The highest BCUT2D eigenvalue weighted by atomic mass is 35.5. The van der Waals surface area contributed by atoms with Gasteiger partial charge in [0.2, 0.25) is 0 Å². The fraction of sp³-hybridized carbons (Fsp3) is 0.364. The Kier molecular flexibility index (Phi) is 8.95. The molecule has 0 aliphatic heterocycles. The average Bonchev–Trinajstić information content (AvgIpc) is 3.19. The van der Waals surface area contributed by atoms with Crippen molar-refractivity contribution in [3.8, 4) is 11.5 Å². The van der Waals surface area contributed by atoms with Gasteiger partial charge in [-0.3, -0.25) is 9.59 Å². The maximum atomic E-state index is 12.4. The van der Waals surface area contributed by atoms with Gasteiger partial charge in [-0.25, -0.2) is 0 Å². The second-order valence-electron chi connectivity index (χ2n) is 7.10. The molecule has 0 saturated heterocycles. The monoisotopic (exact) mass is 433 g/mol. The molecular weight excluding hydrogens is 406 g/mol. The summed E-state index contributed by atoms with van der Waals surface area (Å²) < 4.78 is 10.6. The first kappa shape index (κ1) is 23.5. The lowest BCUT2D eigenvalue weighted by atomic mass is 10.0. The van der Waals surface area contributed by atoms with Gasteiger partial charge >= 0.3 is 0 Å². The number of carbonyl (C=O) groups excluding carboxylic acids is 2. The van der Waals surface area contributed by atoms with Gasteiger partial charge in [-0.15, -0.1) is 12.4 Å². The van der Waals surface area contributed by atoms with E-state index in [1.165, 1.54) is 0 Å². The number of amides is 2. The molecule has 0 spiro atoms. The van der Waals surface area contributed by atoms with Crippen LogP contribution in [0.15, 0.2) is 48.5 Å². The topological polar surface area (TPSA) is 103 Å². The summed E-state index contributed by atoms with van der Waals surface area (Å²) in [5.41, 5.74) is 6.96. The molecule has 0 radical (unpaired) electrons. The largest absolute Gasteiger partial charge is 0.497 e. The highest BCUT2D eigenvalue weighted by Crippen LogP contribution is 2.25. The van der Waals surface area contributed by atoms with E-state index in [9.17, 15) is 9.59 Å². The third-order valence-electron chi connectivity index (χ3n) is 5.12. The molecule has 1 saturated carbocycles. The molecule has 8 heteroatoms. The standard InChI is InChI=1S/C22H27N3O4.ClH/c1-28-19-6-3-5-17(12-19)24-21(26)14-29-18-10-8-15(9-11-18)22(27)25-20-7-2-4-16(20)13-23;/h3,5-6,8-12,16,20H,2,4,7,13-14,23H2,1H3,(H,24,26)(H,25,27);1H. The Morgan fingerprint density at radius 2 is 1.87 bits per heavy atom. The summed E-state index contributed by atoms with van der Waals surface area (Å²) in [7, 11) is 1.57. The highest BCUT2D eigenvalue weighted by molar-refractivity contribution is 5.94. The summed E-state index contributed by atoms with van der Waals surface area (Å²) in [6.07, 6.45) is 3.13. The lowest BCUT2D eigenvalue weighted by molar-refractivity contribution is -0.118. The van der Waals surface area contributed by atoms with Gasteiger partial charge in [-0.2, -0.15) is 0 Å². The van der Waals surface area contributed by atoms with Crippen LogP contribution in [0.4, 0.5) is 5.69 Å². The SMILES string of the molecule is COc1cccc(NC(=O)COc2ccc(C(=O)NC3CCCC3CN)cc2)c1.Cl. The molecule has 2 amide bonds. The van der Waals surface area contributed by atoms with Crippen LogP contribution in [0.2, 0.25) is 0 Å². The Bertz CT molecular complexity index is 845. The van der Waals surface area contributed by atoms with E-state index in [1.54, 1.807) is 55.6 Å². The molecule has 2 unspecified atom stereocenters. The van der Waals surface area contributed by atoms with Gasteiger partial charge in [0.1, 0.15) is 11.5 Å². The molecular formula is C22H28ClN3O4. The van der Waals surface area contributed by atoms with Crippen molar-refractivity contribution in [2.24, 2.45) is 11.7 Å². The number of rotatable bonds is 8. The third kappa shape index (κ3) is 6.37. The smallest absolute Gasteiger partial charge is 0.262 e. The minimum Gasteiger partial charge on any atom is -0.497 e. The van der Waals surface area contributed by atoms with Crippen molar-refractivity contribution in [1.82, 2.24) is 5.32 Å². The van der Waals surface area contributed by atoms with E-state index >= 15 is 0 Å². The molecule has 2 atom stereocenters. The summed E-state index contributed by atoms with van der Waals surface area (Å²) in [5.74, 6) is 1.13. The molecule has 4 N–H and O–H groups in total. The molecule has 2 aromatic carbocycles. The Labute approximate surface area is 182 Å². The first-order valence-electron chi connectivity index (χ1n) is 9.76. The molecule has 1 fully saturated rings. The number of nitrogens with two attached hydrogens (primary N) is 1. The zero-order valence-corrected chi connectivity index (χ0v) is 17.7. The van der Waals surface area contributed by atoms with Crippen molar-refractivity contribution < 1.29 is 19.1 Å². The van der Waals surface area contributed by atoms with Crippen molar-refractivity contribution in [3.63, 3.8) is 0 Å². The number of hydrogen-bond donors (Lipinski definition) is 3. The van der Waals surface area contributed by atoms with Gasteiger partial charge in [-0.05, 0) is 61.7 Å². The molecule has 7 nitrogen and oxygen atoms in total. The van der Waals surface area contributed by atoms with Gasteiger partial charge in [0.05, 0.1) is 7.11 Å². The maximum Gasteiger partial charge on any atom is 0.262 e. The molecule has 30 heavy (non-hydrogen) atoms. The molecule has 1 aliphatic carbocycles. The van der Waals surface area contributed by atoms with Gasteiger partial charge < -0.3 is 25.8 Å². The van der Waals surface area contributed by atoms with Gasteiger partial charge in [-0.1, -0.05) is 12.5 Å². The van der Waals surface area contributed by atoms with E-state index in [2.05, 4.69) is 10.6 Å². The van der Waals surface area contributed by atoms with Gasteiger partial charge in [0.15, 0.2) is 6.61 Å². The van der Waals surface area contributed by atoms with Crippen molar-refractivity contribution in [1.29, 1.82) is 0 Å². The van der Waals surface area contributed by atoms with Crippen LogP contribution in [0.25, 0.3) is 0 Å². The molecule has 1 aliphatic rings. The zero-order chi connectivity index (χ0) is 20.6. The second kappa shape index (κ2) is 11.4. The fourth-order valence-corrected chi connectivity index (χ4v) is 3.51. The Balaban J connectivity index is 0.00000320. The van der Waals surface area contributed by atoms with Crippen LogP contribution < -0.4 is 25.8 Å². The number of hydrogen-bond acceptors (Lipinski definition) is 5. The van der Waals surface area contributed by atoms with Crippen LogP contribution >= 0.6 is 12.4 Å². The van der Waals surface area contributed by atoms with Crippen LogP contribution in [0.1, 0.15) is 29.6 Å². The Morgan fingerprint density at radius 1 is 1.10 bits per heavy atom. The van der Waals surface area contributed by atoms with Crippen molar-refractivity contribution >= 4 is 29.9 Å². The molecule has 0 heterocycles. The number of ether oxygens (including phenoxy) is 2.